The number of rotatable bonds is 2. The molecule has 2 heterocycles. The first-order chi connectivity index (χ1) is 10.3. The lowest BCUT2D eigenvalue weighted by atomic mass is 9.89. The van der Waals surface area contributed by atoms with Gasteiger partial charge in [0, 0.05) is 49.1 Å². The lowest BCUT2D eigenvalue weighted by Crippen LogP contribution is -2.23. The molecule has 2 aromatic rings. The summed E-state index contributed by atoms with van der Waals surface area (Å²) in [7, 11) is 1.91. The smallest absolute Gasteiger partial charge is 0.160 e. The van der Waals surface area contributed by atoms with Gasteiger partial charge < -0.3 is 4.90 Å². The number of benzene rings is 1. The largest absolute Gasteiger partial charge is 0.366 e. The van der Waals surface area contributed by atoms with Crippen LogP contribution in [0.3, 0.4) is 0 Å². The molecule has 1 aliphatic heterocycles. The first kappa shape index (κ1) is 15.0. The van der Waals surface area contributed by atoms with E-state index < -0.39 is 11.6 Å². The maximum Gasteiger partial charge on any atom is 0.160 e. The van der Waals surface area contributed by atoms with Gasteiger partial charge in [-0.2, -0.15) is 5.10 Å². The van der Waals surface area contributed by atoms with Gasteiger partial charge in [0.15, 0.2) is 11.6 Å². The van der Waals surface area contributed by atoms with Gasteiger partial charge in [-0.3, -0.25) is 4.68 Å². The van der Waals surface area contributed by atoms with Crippen LogP contribution in [0.25, 0.3) is 0 Å². The van der Waals surface area contributed by atoms with Crippen molar-refractivity contribution in [2.24, 2.45) is 7.05 Å². The number of fused-ring (bicyclic) bond motifs is 1. The SMILES string of the molecule is Cn1cc(CN2CCc3cc(F)c(F)cc32)c(C(C)(C)C)n1. The third-order valence-electron chi connectivity index (χ3n) is 4.09. The number of hydrogen-bond donors (Lipinski definition) is 0. The van der Waals surface area contributed by atoms with Crippen molar-refractivity contribution in [1.82, 2.24) is 9.78 Å². The molecule has 0 saturated carbocycles. The second kappa shape index (κ2) is 5.07. The third kappa shape index (κ3) is 2.60. The predicted molar refractivity (Wildman–Crippen MR) is 83.0 cm³/mol. The van der Waals surface area contributed by atoms with Crippen molar-refractivity contribution in [1.29, 1.82) is 0 Å². The Bertz CT molecular complexity index is 713. The zero-order chi connectivity index (χ0) is 16.1. The first-order valence-corrected chi connectivity index (χ1v) is 7.51. The molecule has 22 heavy (non-hydrogen) atoms. The first-order valence-electron chi connectivity index (χ1n) is 7.51. The van der Waals surface area contributed by atoms with E-state index in [4.69, 9.17) is 0 Å². The normalized spacial score (nSPS) is 14.5. The molecule has 0 aliphatic carbocycles. The quantitative estimate of drug-likeness (QED) is 0.846. The van der Waals surface area contributed by atoms with Crippen molar-refractivity contribution in [2.75, 3.05) is 11.4 Å². The molecule has 1 aliphatic rings. The molecule has 0 saturated heterocycles. The van der Waals surface area contributed by atoms with E-state index in [1.807, 2.05) is 17.9 Å². The topological polar surface area (TPSA) is 21.1 Å². The molecule has 0 spiro atoms. The minimum absolute atomic E-state index is 0.0484. The summed E-state index contributed by atoms with van der Waals surface area (Å²) in [6.45, 7) is 7.83. The summed E-state index contributed by atoms with van der Waals surface area (Å²) in [5.74, 6) is -1.55. The third-order valence-corrected chi connectivity index (χ3v) is 4.09. The van der Waals surface area contributed by atoms with Gasteiger partial charge >= 0.3 is 0 Å². The van der Waals surface area contributed by atoms with Crippen LogP contribution in [0, 0.1) is 11.6 Å². The van der Waals surface area contributed by atoms with E-state index in [0.717, 1.165) is 35.5 Å². The highest BCUT2D eigenvalue weighted by molar-refractivity contribution is 5.58. The summed E-state index contributed by atoms with van der Waals surface area (Å²) in [6, 6.07) is 2.63. The van der Waals surface area contributed by atoms with Crippen molar-refractivity contribution in [2.45, 2.75) is 39.2 Å². The van der Waals surface area contributed by atoms with Crippen LogP contribution in [0.4, 0.5) is 14.5 Å². The van der Waals surface area contributed by atoms with Crippen LogP contribution >= 0.6 is 0 Å². The van der Waals surface area contributed by atoms with E-state index in [9.17, 15) is 8.78 Å². The van der Waals surface area contributed by atoms with Gasteiger partial charge in [0.2, 0.25) is 0 Å². The summed E-state index contributed by atoms with van der Waals surface area (Å²) < 4.78 is 28.7. The fraction of sp³-hybridized carbons (Fsp3) is 0.471. The fourth-order valence-corrected chi connectivity index (χ4v) is 3.10. The molecule has 0 amide bonds. The van der Waals surface area contributed by atoms with Gasteiger partial charge in [0.1, 0.15) is 0 Å². The van der Waals surface area contributed by atoms with Crippen LogP contribution in [0.5, 0.6) is 0 Å². The van der Waals surface area contributed by atoms with E-state index in [2.05, 4.69) is 30.8 Å². The van der Waals surface area contributed by atoms with Gasteiger partial charge in [-0.25, -0.2) is 8.78 Å². The fourth-order valence-electron chi connectivity index (χ4n) is 3.10. The Kier molecular flexibility index (Phi) is 3.46. The van der Waals surface area contributed by atoms with Gasteiger partial charge in [-0.15, -0.1) is 0 Å². The van der Waals surface area contributed by atoms with Crippen LogP contribution in [-0.4, -0.2) is 16.3 Å². The van der Waals surface area contributed by atoms with Crippen molar-refractivity contribution >= 4 is 5.69 Å². The molecular weight excluding hydrogens is 284 g/mol. The highest BCUT2D eigenvalue weighted by Crippen LogP contribution is 2.33. The zero-order valence-corrected chi connectivity index (χ0v) is 13.5. The minimum atomic E-state index is -0.784. The molecule has 118 valence electrons. The van der Waals surface area contributed by atoms with Gasteiger partial charge in [0.05, 0.1) is 5.69 Å². The Morgan fingerprint density at radius 3 is 2.55 bits per heavy atom. The number of hydrogen-bond acceptors (Lipinski definition) is 2. The van der Waals surface area contributed by atoms with Crippen molar-refractivity contribution in [3.8, 4) is 0 Å². The van der Waals surface area contributed by atoms with Crippen molar-refractivity contribution in [3.05, 3.63) is 46.8 Å². The second-order valence-corrected chi connectivity index (χ2v) is 6.99. The molecule has 3 rings (SSSR count). The molecule has 0 fully saturated rings. The zero-order valence-electron chi connectivity index (χ0n) is 13.5. The maximum absolute atomic E-state index is 13.5. The predicted octanol–water partition coefficient (Wildman–Crippen LogP) is 3.56. The van der Waals surface area contributed by atoms with Gasteiger partial charge in [-0.1, -0.05) is 20.8 Å². The molecule has 0 radical (unpaired) electrons. The number of anilines is 1. The molecule has 1 aromatic heterocycles. The summed E-state index contributed by atoms with van der Waals surface area (Å²) in [4.78, 5) is 2.10. The number of aromatic nitrogens is 2. The highest BCUT2D eigenvalue weighted by atomic mass is 19.2. The van der Waals surface area contributed by atoms with Crippen LogP contribution in [0.15, 0.2) is 18.3 Å². The van der Waals surface area contributed by atoms with E-state index in [0.29, 0.717) is 6.54 Å². The van der Waals surface area contributed by atoms with Crippen LogP contribution < -0.4 is 4.90 Å². The Balaban J connectivity index is 1.93. The molecule has 0 bridgehead atoms. The maximum atomic E-state index is 13.5. The van der Waals surface area contributed by atoms with Crippen LogP contribution in [-0.2, 0) is 25.4 Å². The molecule has 3 nitrogen and oxygen atoms in total. The van der Waals surface area contributed by atoms with Gasteiger partial charge in [-0.05, 0) is 18.1 Å². The Morgan fingerprint density at radius 2 is 1.86 bits per heavy atom. The Hall–Kier alpha value is -1.91. The Morgan fingerprint density at radius 1 is 1.18 bits per heavy atom. The van der Waals surface area contributed by atoms with Crippen molar-refractivity contribution in [3.63, 3.8) is 0 Å². The van der Waals surface area contributed by atoms with Crippen LogP contribution in [0.2, 0.25) is 0 Å². The molecule has 0 atom stereocenters. The Labute approximate surface area is 129 Å². The molecule has 1 aromatic carbocycles. The number of halogens is 2. The summed E-state index contributed by atoms with van der Waals surface area (Å²) >= 11 is 0. The molecule has 5 heteroatoms. The monoisotopic (exact) mass is 305 g/mol. The minimum Gasteiger partial charge on any atom is -0.366 e. The number of nitrogens with zero attached hydrogens (tertiary/aromatic N) is 3. The molecular formula is C17H21F2N3. The van der Waals surface area contributed by atoms with E-state index in [1.54, 1.807) is 0 Å². The lowest BCUT2D eigenvalue weighted by Gasteiger charge is -2.23. The number of aryl methyl sites for hydroxylation is 1. The lowest BCUT2D eigenvalue weighted by molar-refractivity contribution is 0.508. The standard InChI is InChI=1S/C17H21F2N3/c1-17(2,3)16-12(9-21(4)20-16)10-22-6-5-11-7-13(18)14(19)8-15(11)22/h7-9H,5-6,10H2,1-4H3. The molecule has 0 N–H and O–H groups in total. The summed E-state index contributed by atoms with van der Waals surface area (Å²) in [6.07, 6.45) is 2.76. The van der Waals surface area contributed by atoms with Crippen molar-refractivity contribution < 1.29 is 8.78 Å². The van der Waals surface area contributed by atoms with E-state index in [1.165, 1.54) is 12.1 Å². The average Bonchev–Trinajstić information content (AvgIpc) is 2.95. The van der Waals surface area contributed by atoms with E-state index in [-0.39, 0.29) is 5.41 Å². The average molecular weight is 305 g/mol. The molecule has 0 unspecified atom stereocenters. The second-order valence-electron chi connectivity index (χ2n) is 6.99. The summed E-state index contributed by atoms with van der Waals surface area (Å²) in [5, 5.41) is 4.57. The van der Waals surface area contributed by atoms with E-state index >= 15 is 0 Å². The van der Waals surface area contributed by atoms with Crippen LogP contribution in [0.1, 0.15) is 37.6 Å². The summed E-state index contributed by atoms with van der Waals surface area (Å²) in [5.41, 5.74) is 3.80. The highest BCUT2D eigenvalue weighted by Gasteiger charge is 2.26. The van der Waals surface area contributed by atoms with Gasteiger partial charge in [0.25, 0.3) is 0 Å².